The molecule has 4 aliphatic rings. The Bertz CT molecular complexity index is 406. The summed E-state index contributed by atoms with van der Waals surface area (Å²) in [6.07, 6.45) is 5.76. The fourth-order valence-corrected chi connectivity index (χ4v) is 4.96. The van der Waals surface area contributed by atoms with Gasteiger partial charge in [-0.25, -0.2) is 0 Å². The molecule has 0 aliphatic heterocycles. The van der Waals surface area contributed by atoms with Crippen molar-refractivity contribution in [1.29, 1.82) is 0 Å². The maximum absolute atomic E-state index is 11.8. The molecule has 0 saturated heterocycles. The third kappa shape index (κ3) is 2.03. The van der Waals surface area contributed by atoms with Crippen LogP contribution in [0.2, 0.25) is 0 Å². The molecule has 5 heteroatoms. The van der Waals surface area contributed by atoms with Crippen LogP contribution in [0.4, 0.5) is 0 Å². The van der Waals surface area contributed by atoms with Gasteiger partial charge in [0, 0.05) is 24.2 Å². The van der Waals surface area contributed by atoms with Gasteiger partial charge in [-0.05, 0) is 37.5 Å². The van der Waals surface area contributed by atoms with Crippen molar-refractivity contribution in [3.8, 4) is 0 Å². The van der Waals surface area contributed by atoms with Crippen LogP contribution in [0, 0.1) is 22.0 Å². The number of carbonyl (C=O) groups is 1. The van der Waals surface area contributed by atoms with Gasteiger partial charge in [0.05, 0.1) is 6.42 Å². The van der Waals surface area contributed by atoms with Gasteiger partial charge in [0.15, 0.2) is 0 Å². The van der Waals surface area contributed by atoms with Crippen molar-refractivity contribution in [2.45, 2.75) is 69.4 Å². The Balaban J connectivity index is 1.83. The van der Waals surface area contributed by atoms with E-state index in [0.717, 1.165) is 25.7 Å². The van der Waals surface area contributed by atoms with E-state index in [4.69, 9.17) is 4.74 Å². The van der Waals surface area contributed by atoms with Crippen LogP contribution >= 0.6 is 0 Å². The molecule has 19 heavy (non-hydrogen) atoms. The Hall–Kier alpha value is -1.13. The van der Waals surface area contributed by atoms with Crippen LogP contribution in [0.15, 0.2) is 0 Å². The summed E-state index contributed by atoms with van der Waals surface area (Å²) >= 11 is 0. The second kappa shape index (κ2) is 4.18. The van der Waals surface area contributed by atoms with E-state index in [9.17, 15) is 14.9 Å². The van der Waals surface area contributed by atoms with Crippen LogP contribution in [0.25, 0.3) is 0 Å². The number of hydrogen-bond acceptors (Lipinski definition) is 4. The molecule has 4 aliphatic carbocycles. The molecule has 0 amide bonds. The fraction of sp³-hybridized carbons (Fsp3) is 0.929. The Morgan fingerprint density at radius 3 is 2.47 bits per heavy atom. The topological polar surface area (TPSA) is 69.4 Å². The number of esters is 1. The first kappa shape index (κ1) is 12.9. The Morgan fingerprint density at radius 1 is 1.32 bits per heavy atom. The first-order chi connectivity index (χ1) is 8.97. The predicted molar refractivity (Wildman–Crippen MR) is 68.1 cm³/mol. The first-order valence-electron chi connectivity index (χ1n) is 7.33. The third-order valence-corrected chi connectivity index (χ3v) is 5.15. The predicted octanol–water partition coefficient (Wildman–Crippen LogP) is 2.70. The zero-order chi connectivity index (χ0) is 13.7. The summed E-state index contributed by atoms with van der Waals surface area (Å²) in [6.45, 7) is 1.94. The molecule has 4 saturated carbocycles. The minimum absolute atomic E-state index is 0.0904. The molecule has 4 bridgehead atoms. The Kier molecular flexibility index (Phi) is 2.84. The van der Waals surface area contributed by atoms with Gasteiger partial charge in [-0.15, -0.1) is 0 Å². The minimum Gasteiger partial charge on any atom is -0.459 e. The number of nitro groups is 1. The van der Waals surface area contributed by atoms with E-state index in [0.29, 0.717) is 37.5 Å². The van der Waals surface area contributed by atoms with Crippen molar-refractivity contribution >= 4 is 5.97 Å². The van der Waals surface area contributed by atoms with Crippen LogP contribution in [-0.2, 0) is 9.53 Å². The lowest BCUT2D eigenvalue weighted by Gasteiger charge is -2.56. The number of nitrogens with zero attached hydrogens (tertiary/aromatic N) is 1. The molecule has 2 unspecified atom stereocenters. The number of rotatable bonds is 4. The molecule has 0 aromatic heterocycles. The molecule has 2 atom stereocenters. The first-order valence-corrected chi connectivity index (χ1v) is 7.33. The van der Waals surface area contributed by atoms with E-state index in [2.05, 4.69) is 0 Å². The van der Waals surface area contributed by atoms with Gasteiger partial charge in [0.2, 0.25) is 5.54 Å². The summed E-state index contributed by atoms with van der Waals surface area (Å²) in [4.78, 5) is 23.2. The van der Waals surface area contributed by atoms with Crippen molar-refractivity contribution in [2.75, 3.05) is 0 Å². The minimum atomic E-state index is -0.809. The van der Waals surface area contributed by atoms with Crippen LogP contribution in [0.5, 0.6) is 0 Å². The van der Waals surface area contributed by atoms with Crippen LogP contribution in [0.3, 0.4) is 0 Å². The molecule has 106 valence electrons. The lowest BCUT2D eigenvalue weighted by Crippen LogP contribution is -2.63. The molecule has 0 aromatic carbocycles. The quantitative estimate of drug-likeness (QED) is 0.446. The lowest BCUT2D eigenvalue weighted by atomic mass is 9.51. The Labute approximate surface area is 112 Å². The average Bonchev–Trinajstić information content (AvgIpc) is 2.25. The van der Waals surface area contributed by atoms with Gasteiger partial charge >= 0.3 is 5.97 Å². The highest BCUT2D eigenvalue weighted by atomic mass is 16.6. The number of hydrogen-bond donors (Lipinski definition) is 0. The van der Waals surface area contributed by atoms with Crippen LogP contribution in [-0.4, -0.2) is 22.0 Å². The van der Waals surface area contributed by atoms with Crippen molar-refractivity contribution in [3.63, 3.8) is 0 Å². The maximum Gasteiger partial charge on any atom is 0.306 e. The highest BCUT2D eigenvalue weighted by Gasteiger charge is 2.65. The average molecular weight is 267 g/mol. The summed E-state index contributed by atoms with van der Waals surface area (Å²) in [5, 5.41) is 11.5. The van der Waals surface area contributed by atoms with Crippen LogP contribution in [0.1, 0.15) is 58.3 Å². The van der Waals surface area contributed by atoms with E-state index in [1.54, 1.807) is 0 Å². The molecule has 0 radical (unpaired) electrons. The van der Waals surface area contributed by atoms with E-state index in [1.165, 1.54) is 0 Å². The molecule has 0 spiro atoms. The van der Waals surface area contributed by atoms with Gasteiger partial charge in [-0.3, -0.25) is 14.9 Å². The zero-order valence-electron chi connectivity index (χ0n) is 11.4. The highest BCUT2D eigenvalue weighted by Crippen LogP contribution is 2.59. The molecule has 0 heterocycles. The Morgan fingerprint density at radius 2 is 1.95 bits per heavy atom. The molecule has 0 N–H and O–H groups in total. The van der Waals surface area contributed by atoms with Crippen molar-refractivity contribution < 1.29 is 14.5 Å². The molecule has 5 nitrogen and oxygen atoms in total. The maximum atomic E-state index is 11.8. The summed E-state index contributed by atoms with van der Waals surface area (Å²) in [5.41, 5.74) is -1.33. The van der Waals surface area contributed by atoms with Gasteiger partial charge < -0.3 is 4.74 Å². The molecule has 4 fully saturated rings. The monoisotopic (exact) mass is 267 g/mol. The number of ether oxygens (including phenoxy) is 1. The van der Waals surface area contributed by atoms with E-state index >= 15 is 0 Å². The normalized spacial score (nSPS) is 43.2. The summed E-state index contributed by atoms with van der Waals surface area (Å²) in [6, 6.07) is 0. The smallest absolute Gasteiger partial charge is 0.306 e. The zero-order valence-corrected chi connectivity index (χ0v) is 11.4. The van der Waals surface area contributed by atoms with Crippen molar-refractivity contribution in [1.82, 2.24) is 0 Å². The molecular weight excluding hydrogens is 246 g/mol. The van der Waals surface area contributed by atoms with Crippen molar-refractivity contribution in [2.24, 2.45) is 11.8 Å². The summed E-state index contributed by atoms with van der Waals surface area (Å²) < 4.78 is 5.72. The third-order valence-electron chi connectivity index (χ3n) is 5.15. The SMILES string of the molecule is CCCC(=O)OC12CC3CC(C1)CC([N+](=O)[O-])(C3)C2. The second-order valence-corrected chi connectivity index (χ2v) is 6.85. The van der Waals surface area contributed by atoms with Gasteiger partial charge in [-0.1, -0.05) is 6.92 Å². The second-order valence-electron chi connectivity index (χ2n) is 6.85. The fourth-order valence-electron chi connectivity index (χ4n) is 4.96. The highest BCUT2D eigenvalue weighted by molar-refractivity contribution is 5.70. The standard InChI is InChI=1S/C14H21NO4/c1-2-3-12(16)19-14-7-10-4-11(8-14)6-13(5-10,9-14)15(17)18/h10-11H,2-9H2,1H3. The van der Waals surface area contributed by atoms with E-state index in [1.807, 2.05) is 6.92 Å². The molecule has 0 aromatic rings. The summed E-state index contributed by atoms with van der Waals surface area (Å²) in [5.74, 6) is 0.574. The lowest BCUT2D eigenvalue weighted by molar-refractivity contribution is -0.592. The van der Waals surface area contributed by atoms with Gasteiger partial charge in [0.25, 0.3) is 0 Å². The van der Waals surface area contributed by atoms with E-state index in [-0.39, 0.29) is 10.9 Å². The molecule has 4 rings (SSSR count). The van der Waals surface area contributed by atoms with Gasteiger partial charge in [0.1, 0.15) is 5.60 Å². The molecular formula is C14H21NO4. The van der Waals surface area contributed by atoms with E-state index < -0.39 is 11.1 Å². The van der Waals surface area contributed by atoms with Gasteiger partial charge in [-0.2, -0.15) is 0 Å². The largest absolute Gasteiger partial charge is 0.459 e. The van der Waals surface area contributed by atoms with Crippen molar-refractivity contribution in [3.05, 3.63) is 10.1 Å². The number of carbonyl (C=O) groups excluding carboxylic acids is 1. The summed E-state index contributed by atoms with van der Waals surface area (Å²) in [7, 11) is 0. The van der Waals surface area contributed by atoms with Crippen LogP contribution < -0.4 is 0 Å².